The Hall–Kier alpha value is -2.66. The SMILES string of the molecule is CCC(=NNC(=O)CCC(=O)Nc1ccc(Cl)cc1C)c1ccccc1. The zero-order valence-corrected chi connectivity index (χ0v) is 15.6. The van der Waals surface area contributed by atoms with Crippen LogP contribution in [0.2, 0.25) is 5.02 Å². The predicted octanol–water partition coefficient (Wildman–Crippen LogP) is 4.30. The number of hydrogen-bond donors (Lipinski definition) is 2. The van der Waals surface area contributed by atoms with Crippen LogP contribution in [0.5, 0.6) is 0 Å². The molecule has 0 spiro atoms. The van der Waals surface area contributed by atoms with E-state index in [1.165, 1.54) is 0 Å². The number of hydrazone groups is 1. The highest BCUT2D eigenvalue weighted by molar-refractivity contribution is 6.30. The lowest BCUT2D eigenvalue weighted by atomic mass is 10.1. The first-order chi connectivity index (χ1) is 12.5. The molecule has 0 aliphatic carbocycles. The Bertz CT molecular complexity index is 804. The van der Waals surface area contributed by atoms with Crippen LogP contribution in [0.25, 0.3) is 0 Å². The van der Waals surface area contributed by atoms with E-state index in [9.17, 15) is 9.59 Å². The number of nitrogens with one attached hydrogen (secondary N) is 2. The van der Waals surface area contributed by atoms with Gasteiger partial charge in [-0.25, -0.2) is 5.43 Å². The molecule has 2 N–H and O–H groups in total. The zero-order chi connectivity index (χ0) is 18.9. The van der Waals surface area contributed by atoms with Gasteiger partial charge in [0.2, 0.25) is 11.8 Å². The molecule has 2 amide bonds. The Morgan fingerprint density at radius 3 is 2.38 bits per heavy atom. The van der Waals surface area contributed by atoms with E-state index >= 15 is 0 Å². The van der Waals surface area contributed by atoms with Crippen molar-refractivity contribution in [3.05, 3.63) is 64.7 Å². The first-order valence-corrected chi connectivity index (χ1v) is 8.84. The van der Waals surface area contributed by atoms with Gasteiger partial charge in [-0.2, -0.15) is 5.10 Å². The number of amides is 2. The van der Waals surface area contributed by atoms with Crippen molar-refractivity contribution in [2.45, 2.75) is 33.1 Å². The summed E-state index contributed by atoms with van der Waals surface area (Å²) in [5, 5.41) is 7.56. The van der Waals surface area contributed by atoms with E-state index in [1.54, 1.807) is 18.2 Å². The van der Waals surface area contributed by atoms with Crippen molar-refractivity contribution >= 4 is 34.8 Å². The van der Waals surface area contributed by atoms with Crippen molar-refractivity contribution in [3.63, 3.8) is 0 Å². The molecule has 5 nitrogen and oxygen atoms in total. The summed E-state index contributed by atoms with van der Waals surface area (Å²) in [6.45, 7) is 3.83. The third kappa shape index (κ3) is 6.01. The maximum Gasteiger partial charge on any atom is 0.240 e. The lowest BCUT2D eigenvalue weighted by Gasteiger charge is -2.08. The molecule has 0 unspecified atom stereocenters. The van der Waals surface area contributed by atoms with Gasteiger partial charge in [0.25, 0.3) is 0 Å². The lowest BCUT2D eigenvalue weighted by molar-refractivity contribution is -0.124. The second-order valence-electron chi connectivity index (χ2n) is 5.82. The largest absolute Gasteiger partial charge is 0.326 e. The fourth-order valence-electron chi connectivity index (χ4n) is 2.37. The molecule has 136 valence electrons. The molecule has 26 heavy (non-hydrogen) atoms. The van der Waals surface area contributed by atoms with E-state index in [0.717, 1.165) is 16.8 Å². The van der Waals surface area contributed by atoms with Gasteiger partial charge in [0.1, 0.15) is 0 Å². The lowest BCUT2D eigenvalue weighted by Crippen LogP contribution is -2.22. The summed E-state index contributed by atoms with van der Waals surface area (Å²) in [4.78, 5) is 24.0. The minimum atomic E-state index is -0.296. The molecule has 0 aliphatic rings. The Labute approximate surface area is 158 Å². The minimum Gasteiger partial charge on any atom is -0.326 e. The van der Waals surface area contributed by atoms with Gasteiger partial charge in [-0.15, -0.1) is 0 Å². The van der Waals surface area contributed by atoms with Crippen molar-refractivity contribution in [2.24, 2.45) is 5.10 Å². The topological polar surface area (TPSA) is 70.6 Å². The molecule has 0 aliphatic heterocycles. The van der Waals surface area contributed by atoms with Crippen LogP contribution in [-0.2, 0) is 9.59 Å². The average Bonchev–Trinajstić information content (AvgIpc) is 2.64. The summed E-state index contributed by atoms with van der Waals surface area (Å²) in [6, 6.07) is 14.9. The standard InChI is InChI=1S/C20H22ClN3O2/c1-3-17(15-7-5-4-6-8-15)23-24-20(26)12-11-19(25)22-18-10-9-16(21)13-14(18)2/h4-10,13H,3,11-12H2,1-2H3,(H,22,25)(H,24,26). The number of benzene rings is 2. The van der Waals surface area contributed by atoms with Gasteiger partial charge in [0.05, 0.1) is 5.71 Å². The van der Waals surface area contributed by atoms with Crippen molar-refractivity contribution in [1.29, 1.82) is 0 Å². The van der Waals surface area contributed by atoms with Crippen molar-refractivity contribution in [1.82, 2.24) is 5.43 Å². The highest BCUT2D eigenvalue weighted by atomic mass is 35.5. The highest BCUT2D eigenvalue weighted by Crippen LogP contribution is 2.19. The number of aryl methyl sites for hydroxylation is 1. The molecule has 0 saturated carbocycles. The van der Waals surface area contributed by atoms with Gasteiger partial charge in [-0.1, -0.05) is 48.9 Å². The van der Waals surface area contributed by atoms with Crippen LogP contribution in [0.3, 0.4) is 0 Å². The molecule has 2 rings (SSSR count). The molecule has 0 saturated heterocycles. The Kier molecular flexibility index (Phi) is 7.36. The second kappa shape index (κ2) is 9.73. The van der Waals surface area contributed by atoms with E-state index in [-0.39, 0.29) is 24.7 Å². The molecule has 0 fully saturated rings. The smallest absolute Gasteiger partial charge is 0.240 e. The van der Waals surface area contributed by atoms with Gasteiger partial charge in [0.15, 0.2) is 0 Å². The van der Waals surface area contributed by atoms with Crippen LogP contribution in [0.1, 0.15) is 37.3 Å². The van der Waals surface area contributed by atoms with Crippen LogP contribution in [0.15, 0.2) is 53.6 Å². The molecule has 0 bridgehead atoms. The molecule has 2 aromatic carbocycles. The normalized spacial score (nSPS) is 11.1. The zero-order valence-electron chi connectivity index (χ0n) is 14.9. The Morgan fingerprint density at radius 2 is 1.73 bits per heavy atom. The summed E-state index contributed by atoms with van der Waals surface area (Å²) in [7, 11) is 0. The number of carbonyl (C=O) groups excluding carboxylic acids is 2. The molecule has 2 aromatic rings. The van der Waals surface area contributed by atoms with Gasteiger partial charge in [0, 0.05) is 23.6 Å². The number of anilines is 1. The first kappa shape index (κ1) is 19.7. The summed E-state index contributed by atoms with van der Waals surface area (Å²) >= 11 is 5.89. The first-order valence-electron chi connectivity index (χ1n) is 8.46. The number of nitrogens with zero attached hydrogens (tertiary/aromatic N) is 1. The maximum absolute atomic E-state index is 12.0. The third-order valence-corrected chi connectivity index (χ3v) is 4.03. The minimum absolute atomic E-state index is 0.0632. The van der Waals surface area contributed by atoms with Crippen molar-refractivity contribution in [3.8, 4) is 0 Å². The van der Waals surface area contributed by atoms with Crippen LogP contribution >= 0.6 is 11.6 Å². The fraction of sp³-hybridized carbons (Fsp3) is 0.250. The summed E-state index contributed by atoms with van der Waals surface area (Å²) in [5.74, 6) is -0.525. The van der Waals surface area contributed by atoms with Gasteiger partial charge in [-0.05, 0) is 42.7 Å². The molecule has 0 heterocycles. The molecule has 0 aromatic heterocycles. The third-order valence-electron chi connectivity index (χ3n) is 3.80. The van der Waals surface area contributed by atoms with Gasteiger partial charge >= 0.3 is 0 Å². The summed E-state index contributed by atoms with van der Waals surface area (Å²) < 4.78 is 0. The molecule has 6 heteroatoms. The van der Waals surface area contributed by atoms with Crippen LogP contribution < -0.4 is 10.7 Å². The average molecular weight is 372 g/mol. The number of hydrogen-bond acceptors (Lipinski definition) is 3. The molecular formula is C20H22ClN3O2. The van der Waals surface area contributed by atoms with E-state index in [4.69, 9.17) is 11.6 Å². The number of carbonyl (C=O) groups is 2. The van der Waals surface area contributed by atoms with E-state index in [0.29, 0.717) is 17.1 Å². The van der Waals surface area contributed by atoms with Gasteiger partial charge < -0.3 is 5.32 Å². The summed E-state index contributed by atoms with van der Waals surface area (Å²) in [5.41, 5.74) is 5.84. The Balaban J connectivity index is 1.84. The number of halogens is 1. The van der Waals surface area contributed by atoms with Crippen LogP contribution in [-0.4, -0.2) is 17.5 Å². The predicted molar refractivity (Wildman–Crippen MR) is 105 cm³/mol. The van der Waals surface area contributed by atoms with E-state index in [1.807, 2.05) is 44.2 Å². The van der Waals surface area contributed by atoms with Crippen molar-refractivity contribution in [2.75, 3.05) is 5.32 Å². The van der Waals surface area contributed by atoms with E-state index < -0.39 is 0 Å². The van der Waals surface area contributed by atoms with Gasteiger partial charge in [-0.3, -0.25) is 9.59 Å². The molecule has 0 atom stereocenters. The Morgan fingerprint density at radius 1 is 1.04 bits per heavy atom. The monoisotopic (exact) mass is 371 g/mol. The van der Waals surface area contributed by atoms with Crippen LogP contribution in [0, 0.1) is 6.92 Å². The maximum atomic E-state index is 12.0. The van der Waals surface area contributed by atoms with Crippen molar-refractivity contribution < 1.29 is 9.59 Å². The molecule has 0 radical (unpaired) electrons. The highest BCUT2D eigenvalue weighted by Gasteiger charge is 2.09. The summed E-state index contributed by atoms with van der Waals surface area (Å²) in [6.07, 6.45) is 0.838. The fourth-order valence-corrected chi connectivity index (χ4v) is 2.60. The number of rotatable bonds is 7. The second-order valence-corrected chi connectivity index (χ2v) is 6.26. The van der Waals surface area contributed by atoms with Crippen LogP contribution in [0.4, 0.5) is 5.69 Å². The van der Waals surface area contributed by atoms with E-state index in [2.05, 4.69) is 15.8 Å². The quantitative estimate of drug-likeness (QED) is 0.562. The molecular weight excluding hydrogens is 350 g/mol.